The molecule has 4 rings (SSSR count). The lowest BCUT2D eigenvalue weighted by Crippen LogP contribution is -2.12. The lowest BCUT2D eigenvalue weighted by molar-refractivity contribution is 1.08. The first-order valence-corrected chi connectivity index (χ1v) is 8.27. The SMILES string of the molecule is Cc1ccc2c(=O)nc(Nc3nc(C)cc(-c4ccccc4)n3)[nH]c2c1. The smallest absolute Gasteiger partial charge is 0.282 e. The molecule has 0 aliphatic rings. The zero-order chi connectivity index (χ0) is 18.1. The number of hydrogen-bond donors (Lipinski definition) is 2. The van der Waals surface area contributed by atoms with E-state index in [0.717, 1.165) is 28.0 Å². The highest BCUT2D eigenvalue weighted by Crippen LogP contribution is 2.20. The molecule has 0 radical (unpaired) electrons. The van der Waals surface area contributed by atoms with Crippen molar-refractivity contribution < 1.29 is 0 Å². The molecule has 2 heterocycles. The van der Waals surface area contributed by atoms with Gasteiger partial charge in [-0.15, -0.1) is 0 Å². The predicted octanol–water partition coefficient (Wildman–Crippen LogP) is 3.74. The molecule has 0 spiro atoms. The Kier molecular flexibility index (Phi) is 3.93. The molecule has 0 atom stereocenters. The minimum Gasteiger partial charge on any atom is -0.325 e. The predicted molar refractivity (Wildman–Crippen MR) is 103 cm³/mol. The topological polar surface area (TPSA) is 83.6 Å². The third-order valence-electron chi connectivity index (χ3n) is 4.03. The number of H-pyrrole nitrogens is 1. The number of nitrogens with one attached hydrogen (secondary N) is 2. The maximum atomic E-state index is 12.2. The van der Waals surface area contributed by atoms with Gasteiger partial charge in [0.1, 0.15) is 0 Å². The van der Waals surface area contributed by atoms with Crippen molar-refractivity contribution in [1.82, 2.24) is 19.9 Å². The number of fused-ring (bicyclic) bond motifs is 1. The zero-order valence-electron chi connectivity index (χ0n) is 14.4. The Bertz CT molecular complexity index is 1150. The van der Waals surface area contributed by atoms with Gasteiger partial charge in [-0.3, -0.25) is 10.1 Å². The van der Waals surface area contributed by atoms with Crippen LogP contribution in [0.25, 0.3) is 22.2 Å². The summed E-state index contributed by atoms with van der Waals surface area (Å²) in [6, 6.07) is 17.4. The van der Waals surface area contributed by atoms with Gasteiger partial charge >= 0.3 is 0 Å². The summed E-state index contributed by atoms with van der Waals surface area (Å²) in [5, 5.41) is 3.57. The number of hydrogen-bond acceptors (Lipinski definition) is 5. The molecule has 4 aromatic rings. The van der Waals surface area contributed by atoms with E-state index in [1.54, 1.807) is 6.07 Å². The van der Waals surface area contributed by atoms with Gasteiger partial charge < -0.3 is 4.98 Å². The number of benzene rings is 2. The molecule has 0 aliphatic heterocycles. The van der Waals surface area contributed by atoms with Crippen molar-refractivity contribution >= 4 is 22.8 Å². The first kappa shape index (κ1) is 16.0. The molecule has 2 aromatic carbocycles. The number of nitrogens with zero attached hydrogens (tertiary/aromatic N) is 3. The van der Waals surface area contributed by atoms with Crippen molar-refractivity contribution in [1.29, 1.82) is 0 Å². The molecule has 0 aliphatic carbocycles. The Balaban J connectivity index is 1.75. The standard InChI is InChI=1S/C20H17N5O/c1-12-8-9-15-17(10-12)23-20(24-18(15)26)25-19-21-13(2)11-16(22-19)14-6-4-3-5-7-14/h3-11H,1-2H3,(H2,21,22,23,24,25,26). The molecule has 6 heteroatoms. The number of aryl methyl sites for hydroxylation is 2. The highest BCUT2D eigenvalue weighted by Gasteiger charge is 2.08. The first-order valence-electron chi connectivity index (χ1n) is 8.27. The van der Waals surface area contributed by atoms with Crippen molar-refractivity contribution in [3.63, 3.8) is 0 Å². The second-order valence-corrected chi connectivity index (χ2v) is 6.15. The Hall–Kier alpha value is -3.54. The van der Waals surface area contributed by atoms with Crippen LogP contribution >= 0.6 is 0 Å². The summed E-state index contributed by atoms with van der Waals surface area (Å²) in [7, 11) is 0. The van der Waals surface area contributed by atoms with Gasteiger partial charge in [0.05, 0.1) is 16.6 Å². The molecule has 0 fully saturated rings. The summed E-state index contributed by atoms with van der Waals surface area (Å²) in [6.45, 7) is 3.88. The van der Waals surface area contributed by atoms with Crippen LogP contribution in [0.5, 0.6) is 0 Å². The number of anilines is 2. The number of rotatable bonds is 3. The molecule has 2 N–H and O–H groups in total. The van der Waals surface area contributed by atoms with E-state index in [2.05, 4.69) is 25.3 Å². The minimum absolute atomic E-state index is 0.294. The van der Waals surface area contributed by atoms with E-state index in [0.29, 0.717) is 17.3 Å². The molecule has 0 saturated carbocycles. The van der Waals surface area contributed by atoms with Crippen LogP contribution < -0.4 is 10.9 Å². The summed E-state index contributed by atoms with van der Waals surface area (Å²) >= 11 is 0. The second kappa shape index (κ2) is 6.40. The van der Waals surface area contributed by atoms with E-state index in [9.17, 15) is 4.79 Å². The maximum absolute atomic E-state index is 12.2. The maximum Gasteiger partial charge on any atom is 0.282 e. The summed E-state index contributed by atoms with van der Waals surface area (Å²) in [5.41, 5.74) is 4.11. The van der Waals surface area contributed by atoms with Gasteiger partial charge in [0, 0.05) is 11.3 Å². The van der Waals surface area contributed by atoms with E-state index in [1.807, 2.05) is 62.4 Å². The summed E-state index contributed by atoms with van der Waals surface area (Å²) in [5.74, 6) is 0.705. The molecule has 128 valence electrons. The van der Waals surface area contributed by atoms with E-state index >= 15 is 0 Å². The van der Waals surface area contributed by atoms with Crippen molar-refractivity contribution in [3.05, 3.63) is 76.2 Å². The van der Waals surface area contributed by atoms with Gasteiger partial charge in [0.15, 0.2) is 0 Å². The first-order chi connectivity index (χ1) is 12.6. The van der Waals surface area contributed by atoms with Crippen molar-refractivity contribution in [3.8, 4) is 11.3 Å². The lowest BCUT2D eigenvalue weighted by Gasteiger charge is -2.09. The molecule has 0 amide bonds. The average Bonchev–Trinajstić information content (AvgIpc) is 2.61. The Morgan fingerprint density at radius 2 is 1.73 bits per heavy atom. The monoisotopic (exact) mass is 343 g/mol. The van der Waals surface area contributed by atoms with Crippen LogP contribution in [0.3, 0.4) is 0 Å². The van der Waals surface area contributed by atoms with E-state index in [-0.39, 0.29) is 5.56 Å². The summed E-state index contributed by atoms with van der Waals surface area (Å²) in [6.07, 6.45) is 0. The van der Waals surface area contributed by atoms with Gasteiger partial charge in [0.25, 0.3) is 5.56 Å². The summed E-state index contributed by atoms with van der Waals surface area (Å²) < 4.78 is 0. The number of aromatic amines is 1. The fourth-order valence-corrected chi connectivity index (χ4v) is 2.81. The van der Waals surface area contributed by atoms with Crippen LogP contribution in [0.2, 0.25) is 0 Å². The van der Waals surface area contributed by atoms with Gasteiger partial charge in [-0.05, 0) is 37.6 Å². The molecular formula is C20H17N5O. The van der Waals surface area contributed by atoms with Crippen LogP contribution in [-0.4, -0.2) is 19.9 Å². The lowest BCUT2D eigenvalue weighted by atomic mass is 10.1. The molecule has 0 bridgehead atoms. The van der Waals surface area contributed by atoms with Crippen LogP contribution in [0.1, 0.15) is 11.3 Å². The highest BCUT2D eigenvalue weighted by molar-refractivity contribution is 5.79. The zero-order valence-corrected chi connectivity index (χ0v) is 14.4. The third-order valence-corrected chi connectivity index (χ3v) is 4.03. The largest absolute Gasteiger partial charge is 0.325 e. The van der Waals surface area contributed by atoms with Crippen LogP contribution in [0, 0.1) is 13.8 Å². The molecule has 26 heavy (non-hydrogen) atoms. The van der Waals surface area contributed by atoms with Crippen molar-refractivity contribution in [2.24, 2.45) is 0 Å². The van der Waals surface area contributed by atoms with Crippen LogP contribution in [-0.2, 0) is 0 Å². The van der Waals surface area contributed by atoms with E-state index < -0.39 is 0 Å². The van der Waals surface area contributed by atoms with Crippen LogP contribution in [0.15, 0.2) is 59.4 Å². The molecular weight excluding hydrogens is 326 g/mol. The third kappa shape index (κ3) is 3.17. The molecule has 2 aromatic heterocycles. The minimum atomic E-state index is -0.294. The average molecular weight is 343 g/mol. The molecule has 6 nitrogen and oxygen atoms in total. The van der Waals surface area contributed by atoms with Crippen molar-refractivity contribution in [2.75, 3.05) is 5.32 Å². The van der Waals surface area contributed by atoms with Gasteiger partial charge in [-0.25, -0.2) is 9.97 Å². The van der Waals surface area contributed by atoms with Gasteiger partial charge in [-0.2, -0.15) is 4.98 Å². The number of aromatic nitrogens is 4. The van der Waals surface area contributed by atoms with Crippen LogP contribution in [0.4, 0.5) is 11.9 Å². The molecule has 0 unspecified atom stereocenters. The quantitative estimate of drug-likeness (QED) is 0.592. The van der Waals surface area contributed by atoms with Gasteiger partial charge in [0.2, 0.25) is 11.9 Å². The Labute approximate surface area is 150 Å². The fraction of sp³-hybridized carbons (Fsp3) is 0.100. The second-order valence-electron chi connectivity index (χ2n) is 6.15. The Morgan fingerprint density at radius 1 is 0.923 bits per heavy atom. The normalized spacial score (nSPS) is 10.8. The van der Waals surface area contributed by atoms with E-state index in [1.165, 1.54) is 0 Å². The Morgan fingerprint density at radius 3 is 2.54 bits per heavy atom. The fourth-order valence-electron chi connectivity index (χ4n) is 2.81. The molecule has 0 saturated heterocycles. The highest BCUT2D eigenvalue weighted by atomic mass is 16.1. The summed E-state index contributed by atoms with van der Waals surface area (Å²) in [4.78, 5) is 28.4. The van der Waals surface area contributed by atoms with E-state index in [4.69, 9.17) is 0 Å². The van der Waals surface area contributed by atoms with Crippen molar-refractivity contribution in [2.45, 2.75) is 13.8 Å². The van der Waals surface area contributed by atoms with Gasteiger partial charge in [-0.1, -0.05) is 36.4 Å².